The fourth-order valence-electron chi connectivity index (χ4n) is 2.93. The van der Waals surface area contributed by atoms with Crippen LogP contribution in [0.2, 0.25) is 0 Å². The Morgan fingerprint density at radius 2 is 1.88 bits per heavy atom. The predicted molar refractivity (Wildman–Crippen MR) is 106 cm³/mol. The molecule has 0 N–H and O–H groups in total. The summed E-state index contributed by atoms with van der Waals surface area (Å²) in [4.78, 5) is 19.0. The maximum Gasteiger partial charge on any atom is 0.167 e. The second-order valence-corrected chi connectivity index (χ2v) is 5.95. The summed E-state index contributed by atoms with van der Waals surface area (Å²) >= 11 is 0. The summed E-state index contributed by atoms with van der Waals surface area (Å²) in [6.45, 7) is 2.91. The highest BCUT2D eigenvalue weighted by atomic mass is 16.1. The number of ketones is 1. The smallest absolute Gasteiger partial charge is 0.167 e. The number of aromatic nitrogens is 1. The van der Waals surface area contributed by atoms with Crippen LogP contribution in [-0.4, -0.2) is 17.3 Å². The minimum atomic E-state index is 0.0590. The van der Waals surface area contributed by atoms with Crippen LogP contribution >= 0.6 is 0 Å². The van der Waals surface area contributed by atoms with Crippen LogP contribution in [0, 0.1) is 12.3 Å². The van der Waals surface area contributed by atoms with Crippen LogP contribution in [-0.2, 0) is 6.42 Å². The number of carbonyl (C=O) groups is 1. The maximum atomic E-state index is 12.6. The van der Waals surface area contributed by atoms with E-state index in [0.717, 1.165) is 29.0 Å². The van der Waals surface area contributed by atoms with Gasteiger partial charge in [0.25, 0.3) is 0 Å². The first-order chi connectivity index (χ1) is 12.7. The Labute approximate surface area is 154 Å². The van der Waals surface area contributed by atoms with Crippen LogP contribution < -0.4 is 4.90 Å². The van der Waals surface area contributed by atoms with E-state index in [0.29, 0.717) is 12.0 Å². The van der Waals surface area contributed by atoms with E-state index in [9.17, 15) is 4.79 Å². The molecule has 0 saturated carbocycles. The van der Waals surface area contributed by atoms with Gasteiger partial charge in [-0.1, -0.05) is 30.2 Å². The molecular formula is C23H20N2O. The van der Waals surface area contributed by atoms with Gasteiger partial charge in [0, 0.05) is 36.0 Å². The van der Waals surface area contributed by atoms with Crippen molar-refractivity contribution < 1.29 is 4.79 Å². The standard InChI is InChI=1S/C23H20N2O/c1-3-18-8-5-10-20(14-18)23(26)16-19-9-6-11-21(15-19)25(4-2)22-12-7-13-24-17-22/h1,5-15,17H,4,16H2,2H3. The van der Waals surface area contributed by atoms with Gasteiger partial charge < -0.3 is 4.90 Å². The Morgan fingerprint density at radius 1 is 1.08 bits per heavy atom. The molecule has 0 fully saturated rings. The normalized spacial score (nSPS) is 10.2. The van der Waals surface area contributed by atoms with Crippen molar-refractivity contribution in [1.29, 1.82) is 0 Å². The van der Waals surface area contributed by atoms with E-state index in [2.05, 4.69) is 28.8 Å². The fourth-order valence-corrected chi connectivity index (χ4v) is 2.93. The van der Waals surface area contributed by atoms with Crippen molar-refractivity contribution in [3.05, 3.63) is 89.7 Å². The van der Waals surface area contributed by atoms with Crippen molar-refractivity contribution in [3.63, 3.8) is 0 Å². The summed E-state index contributed by atoms with van der Waals surface area (Å²) in [6.07, 6.45) is 9.36. The third-order valence-corrected chi connectivity index (χ3v) is 4.21. The van der Waals surface area contributed by atoms with Gasteiger partial charge >= 0.3 is 0 Å². The van der Waals surface area contributed by atoms with Gasteiger partial charge in [0.05, 0.1) is 11.9 Å². The van der Waals surface area contributed by atoms with E-state index >= 15 is 0 Å². The topological polar surface area (TPSA) is 33.2 Å². The van der Waals surface area contributed by atoms with Gasteiger partial charge in [-0.05, 0) is 48.9 Å². The molecule has 0 spiro atoms. The molecule has 0 aliphatic heterocycles. The van der Waals surface area contributed by atoms with E-state index < -0.39 is 0 Å². The lowest BCUT2D eigenvalue weighted by atomic mass is 10.0. The van der Waals surface area contributed by atoms with Crippen LogP contribution in [0.4, 0.5) is 11.4 Å². The molecule has 1 aromatic heterocycles. The van der Waals surface area contributed by atoms with Gasteiger partial charge in [0.1, 0.15) is 0 Å². The first-order valence-corrected chi connectivity index (χ1v) is 8.57. The van der Waals surface area contributed by atoms with Gasteiger partial charge in [-0.25, -0.2) is 0 Å². The number of anilines is 2. The molecule has 0 radical (unpaired) electrons. The average Bonchev–Trinajstić information content (AvgIpc) is 2.70. The van der Waals surface area contributed by atoms with Crippen molar-refractivity contribution in [2.75, 3.05) is 11.4 Å². The Morgan fingerprint density at radius 3 is 2.62 bits per heavy atom. The summed E-state index contributed by atoms with van der Waals surface area (Å²) in [5.74, 6) is 2.63. The van der Waals surface area contributed by atoms with Gasteiger partial charge in [-0.15, -0.1) is 6.42 Å². The number of hydrogen-bond acceptors (Lipinski definition) is 3. The van der Waals surface area contributed by atoms with E-state index in [4.69, 9.17) is 6.42 Å². The summed E-state index contributed by atoms with van der Waals surface area (Å²) in [6, 6.07) is 19.2. The number of Topliss-reactive ketones (excluding diaryl/α,β-unsaturated/α-hetero) is 1. The third-order valence-electron chi connectivity index (χ3n) is 4.21. The summed E-state index contributed by atoms with van der Waals surface area (Å²) in [5.41, 5.74) is 4.41. The number of rotatable bonds is 6. The number of hydrogen-bond donors (Lipinski definition) is 0. The quantitative estimate of drug-likeness (QED) is 0.484. The number of benzene rings is 2. The largest absolute Gasteiger partial charge is 0.341 e. The monoisotopic (exact) mass is 340 g/mol. The molecule has 3 heteroatoms. The highest BCUT2D eigenvalue weighted by Crippen LogP contribution is 2.25. The van der Waals surface area contributed by atoms with E-state index in [-0.39, 0.29) is 5.78 Å². The summed E-state index contributed by atoms with van der Waals surface area (Å²) < 4.78 is 0. The Hall–Kier alpha value is -3.38. The van der Waals surface area contributed by atoms with E-state index in [1.807, 2.05) is 48.7 Å². The SMILES string of the molecule is C#Cc1cccc(C(=O)Cc2cccc(N(CC)c3cccnc3)c2)c1. The molecule has 0 unspecified atom stereocenters. The summed E-state index contributed by atoms with van der Waals surface area (Å²) in [5, 5.41) is 0. The van der Waals surface area contributed by atoms with Crippen LogP contribution in [0.15, 0.2) is 73.1 Å². The minimum absolute atomic E-state index is 0.0590. The molecule has 128 valence electrons. The highest BCUT2D eigenvalue weighted by molar-refractivity contribution is 5.97. The molecule has 1 heterocycles. The predicted octanol–water partition coefficient (Wildman–Crippen LogP) is 4.65. The zero-order valence-electron chi connectivity index (χ0n) is 14.7. The van der Waals surface area contributed by atoms with E-state index in [1.54, 1.807) is 18.3 Å². The lowest BCUT2D eigenvalue weighted by Crippen LogP contribution is -2.16. The lowest BCUT2D eigenvalue weighted by Gasteiger charge is -2.23. The zero-order valence-corrected chi connectivity index (χ0v) is 14.7. The molecule has 0 aliphatic rings. The molecule has 0 amide bonds. The van der Waals surface area contributed by atoms with Crippen LogP contribution in [0.25, 0.3) is 0 Å². The van der Waals surface area contributed by atoms with Crippen molar-refractivity contribution >= 4 is 17.2 Å². The van der Waals surface area contributed by atoms with Crippen molar-refractivity contribution in [3.8, 4) is 12.3 Å². The van der Waals surface area contributed by atoms with Crippen LogP contribution in [0.5, 0.6) is 0 Å². The Bertz CT molecular complexity index is 942. The second kappa shape index (κ2) is 8.13. The van der Waals surface area contributed by atoms with Gasteiger partial charge in [0.15, 0.2) is 5.78 Å². The average molecular weight is 340 g/mol. The molecule has 26 heavy (non-hydrogen) atoms. The number of terminal acetylenes is 1. The molecule has 3 rings (SSSR count). The van der Waals surface area contributed by atoms with Gasteiger partial charge in [0.2, 0.25) is 0 Å². The molecule has 3 nitrogen and oxygen atoms in total. The molecule has 0 saturated heterocycles. The van der Waals surface area contributed by atoms with Gasteiger partial charge in [-0.2, -0.15) is 0 Å². The fraction of sp³-hybridized carbons (Fsp3) is 0.130. The van der Waals surface area contributed by atoms with Crippen molar-refractivity contribution in [2.45, 2.75) is 13.3 Å². The number of pyridine rings is 1. The maximum absolute atomic E-state index is 12.6. The Kier molecular flexibility index (Phi) is 5.46. The first kappa shape index (κ1) is 17.4. The van der Waals surface area contributed by atoms with Crippen LogP contribution in [0.1, 0.15) is 28.4 Å². The molecule has 3 aromatic rings. The zero-order chi connectivity index (χ0) is 18.4. The van der Waals surface area contributed by atoms with Crippen LogP contribution in [0.3, 0.4) is 0 Å². The van der Waals surface area contributed by atoms with E-state index in [1.165, 1.54) is 0 Å². The number of carbonyl (C=O) groups excluding carboxylic acids is 1. The first-order valence-electron chi connectivity index (χ1n) is 8.57. The van der Waals surface area contributed by atoms with Crippen molar-refractivity contribution in [1.82, 2.24) is 4.98 Å². The Balaban J connectivity index is 1.83. The third kappa shape index (κ3) is 3.99. The number of nitrogens with zero attached hydrogens (tertiary/aromatic N) is 2. The van der Waals surface area contributed by atoms with Gasteiger partial charge in [-0.3, -0.25) is 9.78 Å². The summed E-state index contributed by atoms with van der Waals surface area (Å²) in [7, 11) is 0. The minimum Gasteiger partial charge on any atom is -0.341 e. The second-order valence-electron chi connectivity index (χ2n) is 5.95. The molecular weight excluding hydrogens is 320 g/mol. The molecule has 0 atom stereocenters. The molecule has 0 aliphatic carbocycles. The highest BCUT2D eigenvalue weighted by Gasteiger charge is 2.11. The molecule has 2 aromatic carbocycles. The molecule has 0 bridgehead atoms. The van der Waals surface area contributed by atoms with Crippen molar-refractivity contribution in [2.24, 2.45) is 0 Å². The lowest BCUT2D eigenvalue weighted by molar-refractivity contribution is 0.0993.